The molecule has 25 heavy (non-hydrogen) atoms. The van der Waals surface area contributed by atoms with E-state index in [1.807, 2.05) is 11.7 Å². The van der Waals surface area contributed by atoms with Crippen LogP contribution in [0.4, 0.5) is 11.4 Å². The monoisotopic (exact) mass is 346 g/mol. The molecule has 1 aliphatic heterocycles. The smallest absolute Gasteiger partial charge is 0.0923 e. The van der Waals surface area contributed by atoms with Crippen molar-refractivity contribution in [2.75, 3.05) is 26.0 Å². The Bertz CT molecular complexity index is 1110. The lowest BCUT2D eigenvalue weighted by Crippen LogP contribution is -2.16. The second-order valence-corrected chi connectivity index (χ2v) is 7.54. The number of pyridine rings is 1. The summed E-state index contributed by atoms with van der Waals surface area (Å²) in [5.41, 5.74) is 10.2. The van der Waals surface area contributed by atoms with Crippen molar-refractivity contribution in [3.63, 3.8) is 0 Å². The maximum Gasteiger partial charge on any atom is 0.0923 e. The number of nitrogens with zero attached hydrogens (tertiary/aromatic N) is 3. The fraction of sp³-hybridized carbons (Fsp3) is 0.200. The molecule has 0 aliphatic carbocycles. The predicted octanol–water partition coefficient (Wildman–Crippen LogP) is 4.67. The van der Waals surface area contributed by atoms with Gasteiger partial charge in [-0.2, -0.15) is 0 Å². The summed E-state index contributed by atoms with van der Waals surface area (Å²) < 4.78 is 1.19. The molecule has 0 amide bonds. The van der Waals surface area contributed by atoms with E-state index in [0.29, 0.717) is 0 Å². The highest BCUT2D eigenvalue weighted by Gasteiger charge is 2.24. The average Bonchev–Trinajstić information content (AvgIpc) is 3.11. The molecule has 5 rings (SSSR count). The highest BCUT2D eigenvalue weighted by Crippen LogP contribution is 2.47. The summed E-state index contributed by atoms with van der Waals surface area (Å²) in [6, 6.07) is 10.6. The molecule has 0 radical (unpaired) electrons. The third kappa shape index (κ3) is 2.16. The lowest BCUT2D eigenvalue weighted by atomic mass is 9.91. The molecule has 0 spiro atoms. The van der Waals surface area contributed by atoms with E-state index in [1.54, 1.807) is 11.3 Å². The summed E-state index contributed by atoms with van der Waals surface area (Å²) in [5, 5.41) is 4.91. The first kappa shape index (κ1) is 14.8. The number of fused-ring (bicyclic) bond motifs is 4. The molecule has 1 aliphatic rings. The Morgan fingerprint density at radius 1 is 1.04 bits per heavy atom. The molecule has 4 aromatic rings. The third-order valence-electron chi connectivity index (χ3n) is 4.86. The molecule has 2 aromatic carbocycles. The largest absolute Gasteiger partial charge is 0.354 e. The van der Waals surface area contributed by atoms with Crippen LogP contribution in [0.2, 0.25) is 0 Å². The summed E-state index contributed by atoms with van der Waals surface area (Å²) in [7, 11) is 4.22. The van der Waals surface area contributed by atoms with Gasteiger partial charge in [-0.3, -0.25) is 4.98 Å². The van der Waals surface area contributed by atoms with Crippen LogP contribution >= 0.6 is 11.3 Å². The van der Waals surface area contributed by atoms with Crippen molar-refractivity contribution >= 4 is 43.8 Å². The molecule has 0 bridgehead atoms. The summed E-state index contributed by atoms with van der Waals surface area (Å²) in [6.45, 7) is 0.990. The highest BCUT2D eigenvalue weighted by molar-refractivity contribution is 7.17. The van der Waals surface area contributed by atoms with Gasteiger partial charge in [0.1, 0.15) is 0 Å². The van der Waals surface area contributed by atoms with Crippen LogP contribution < -0.4 is 5.32 Å². The lowest BCUT2D eigenvalue weighted by Gasteiger charge is -2.25. The second kappa shape index (κ2) is 5.51. The standard InChI is InChI=1S/C20H18N4S/c1-24(2)10-8-14-17-16-13(12-5-3-4-6-15(12)23-17)7-9-21-19(16)20-18(14)22-11-25-20/h3-7,9,11,23H,8,10H2,1-2H3. The summed E-state index contributed by atoms with van der Waals surface area (Å²) in [4.78, 5) is 11.6. The number of nitrogens with one attached hydrogen (secondary N) is 1. The zero-order chi connectivity index (χ0) is 17.0. The van der Waals surface area contributed by atoms with Gasteiger partial charge in [-0.15, -0.1) is 11.3 Å². The van der Waals surface area contributed by atoms with Gasteiger partial charge in [0.05, 0.1) is 26.9 Å². The molecule has 5 heteroatoms. The first-order valence-electron chi connectivity index (χ1n) is 8.42. The van der Waals surface area contributed by atoms with Crippen LogP contribution in [0.3, 0.4) is 0 Å². The van der Waals surface area contributed by atoms with Crippen molar-refractivity contribution < 1.29 is 0 Å². The number of hydrogen-bond acceptors (Lipinski definition) is 5. The van der Waals surface area contributed by atoms with E-state index in [1.165, 1.54) is 32.5 Å². The molecule has 2 aromatic heterocycles. The summed E-state index contributed by atoms with van der Waals surface area (Å²) in [6.07, 6.45) is 2.88. The molecule has 0 unspecified atom stereocenters. The van der Waals surface area contributed by atoms with Gasteiger partial charge < -0.3 is 10.2 Å². The maximum atomic E-state index is 4.71. The van der Waals surface area contributed by atoms with Crippen molar-refractivity contribution in [1.82, 2.24) is 14.9 Å². The number of aromatic nitrogens is 2. The Morgan fingerprint density at radius 3 is 2.80 bits per heavy atom. The number of hydrogen-bond donors (Lipinski definition) is 1. The minimum absolute atomic E-state index is 0.960. The molecular formula is C20H18N4S. The first-order chi connectivity index (χ1) is 12.2. The van der Waals surface area contributed by atoms with Gasteiger partial charge in [-0.05, 0) is 38.2 Å². The van der Waals surface area contributed by atoms with Crippen LogP contribution in [0.25, 0.3) is 32.2 Å². The van der Waals surface area contributed by atoms with E-state index in [0.717, 1.165) is 29.7 Å². The topological polar surface area (TPSA) is 41.1 Å². The lowest BCUT2D eigenvalue weighted by molar-refractivity contribution is 0.414. The SMILES string of the molecule is CN(C)CCc1c2c3c(ccnc3c3scnc13)-c1ccccc1N2. The van der Waals surface area contributed by atoms with Crippen LogP contribution in [-0.2, 0) is 6.42 Å². The maximum absolute atomic E-state index is 4.71. The Morgan fingerprint density at radius 2 is 1.92 bits per heavy atom. The normalized spacial score (nSPS) is 12.6. The molecule has 0 saturated heterocycles. The van der Waals surface area contributed by atoms with Gasteiger partial charge in [0.2, 0.25) is 0 Å². The summed E-state index contributed by atoms with van der Waals surface area (Å²) >= 11 is 1.68. The van der Waals surface area contributed by atoms with Crippen LogP contribution in [0.5, 0.6) is 0 Å². The molecule has 0 atom stereocenters. The minimum Gasteiger partial charge on any atom is -0.354 e. The van der Waals surface area contributed by atoms with E-state index in [2.05, 4.69) is 59.6 Å². The fourth-order valence-corrected chi connectivity index (χ4v) is 4.51. The van der Waals surface area contributed by atoms with E-state index < -0.39 is 0 Å². The Hall–Kier alpha value is -2.50. The number of rotatable bonds is 3. The van der Waals surface area contributed by atoms with Gasteiger partial charge in [-0.25, -0.2) is 4.98 Å². The van der Waals surface area contributed by atoms with Crippen molar-refractivity contribution in [2.45, 2.75) is 6.42 Å². The number of benzene rings is 2. The zero-order valence-corrected chi connectivity index (χ0v) is 15.0. The van der Waals surface area contributed by atoms with Crippen LogP contribution in [0.1, 0.15) is 5.56 Å². The van der Waals surface area contributed by atoms with Crippen molar-refractivity contribution in [1.29, 1.82) is 0 Å². The number of anilines is 2. The Labute approximate surface area is 150 Å². The molecular weight excluding hydrogens is 328 g/mol. The van der Waals surface area contributed by atoms with Crippen molar-refractivity contribution in [3.8, 4) is 11.1 Å². The molecule has 3 heterocycles. The predicted molar refractivity (Wildman–Crippen MR) is 106 cm³/mol. The molecule has 0 fully saturated rings. The molecule has 0 saturated carbocycles. The summed E-state index contributed by atoms with van der Waals surface area (Å²) in [5.74, 6) is 0. The average molecular weight is 346 g/mol. The third-order valence-corrected chi connectivity index (χ3v) is 5.69. The Kier molecular flexibility index (Phi) is 3.26. The van der Waals surface area contributed by atoms with Crippen LogP contribution in [0, 0.1) is 0 Å². The van der Waals surface area contributed by atoms with Crippen LogP contribution in [0.15, 0.2) is 42.0 Å². The fourth-order valence-electron chi connectivity index (χ4n) is 3.69. The number of thiazole rings is 1. The number of para-hydroxylation sites is 1. The van der Waals surface area contributed by atoms with Gasteiger partial charge in [0.15, 0.2) is 0 Å². The minimum atomic E-state index is 0.960. The van der Waals surface area contributed by atoms with Gasteiger partial charge in [0, 0.05) is 34.9 Å². The molecule has 1 N–H and O–H groups in total. The molecule has 124 valence electrons. The quantitative estimate of drug-likeness (QED) is 0.515. The van der Waals surface area contributed by atoms with E-state index >= 15 is 0 Å². The van der Waals surface area contributed by atoms with Crippen LogP contribution in [-0.4, -0.2) is 35.5 Å². The highest BCUT2D eigenvalue weighted by atomic mass is 32.1. The first-order valence-corrected chi connectivity index (χ1v) is 9.30. The van der Waals surface area contributed by atoms with E-state index in [4.69, 9.17) is 4.98 Å². The Balaban J connectivity index is 1.90. The van der Waals surface area contributed by atoms with E-state index in [9.17, 15) is 0 Å². The van der Waals surface area contributed by atoms with Gasteiger partial charge >= 0.3 is 0 Å². The molecule has 4 nitrogen and oxygen atoms in total. The van der Waals surface area contributed by atoms with Gasteiger partial charge in [0.25, 0.3) is 0 Å². The van der Waals surface area contributed by atoms with Crippen molar-refractivity contribution in [2.24, 2.45) is 0 Å². The second-order valence-electron chi connectivity index (χ2n) is 6.69. The van der Waals surface area contributed by atoms with Crippen molar-refractivity contribution in [3.05, 3.63) is 47.6 Å². The van der Waals surface area contributed by atoms with E-state index in [-0.39, 0.29) is 0 Å². The number of likely N-dealkylation sites (N-methyl/N-ethyl adjacent to an activating group) is 1. The zero-order valence-electron chi connectivity index (χ0n) is 14.2. The van der Waals surface area contributed by atoms with Gasteiger partial charge in [-0.1, -0.05) is 18.2 Å².